The van der Waals surface area contributed by atoms with E-state index in [0.29, 0.717) is 18.9 Å². The maximum absolute atomic E-state index is 13.0. The van der Waals surface area contributed by atoms with Crippen LogP contribution in [-0.4, -0.2) is 42.5 Å². The molecule has 1 N–H and O–H groups in total. The molecule has 2 aromatic rings. The highest BCUT2D eigenvalue weighted by Crippen LogP contribution is 2.35. The molecule has 0 aromatic heterocycles. The van der Waals surface area contributed by atoms with Crippen molar-refractivity contribution >= 4 is 17.9 Å². The third kappa shape index (κ3) is 6.09. The number of hydrogen-bond acceptors (Lipinski definition) is 4. The fourth-order valence-electron chi connectivity index (χ4n) is 3.51. The van der Waals surface area contributed by atoms with Crippen molar-refractivity contribution in [2.45, 2.75) is 39.8 Å². The van der Waals surface area contributed by atoms with E-state index in [-0.39, 0.29) is 36.8 Å². The molecule has 0 saturated carbocycles. The largest absolute Gasteiger partial charge is 0.493 e. The van der Waals surface area contributed by atoms with Crippen molar-refractivity contribution in [3.05, 3.63) is 65.0 Å². The summed E-state index contributed by atoms with van der Waals surface area (Å²) in [4.78, 5) is 26.4. The Balaban J connectivity index is 1.62. The minimum Gasteiger partial charge on any atom is -0.493 e. The van der Waals surface area contributed by atoms with Crippen LogP contribution in [0.2, 0.25) is 0 Å². The smallest absolute Gasteiger partial charge is 0.247 e. The maximum atomic E-state index is 13.0. The maximum Gasteiger partial charge on any atom is 0.247 e. The van der Waals surface area contributed by atoms with Crippen molar-refractivity contribution in [3.63, 3.8) is 0 Å². The van der Waals surface area contributed by atoms with Crippen molar-refractivity contribution in [3.8, 4) is 11.5 Å². The van der Waals surface area contributed by atoms with Crippen LogP contribution >= 0.6 is 0 Å². The number of fused-ring (bicyclic) bond motifs is 1. The Bertz CT molecular complexity index is 988. The van der Waals surface area contributed by atoms with Crippen LogP contribution in [0.5, 0.6) is 11.5 Å². The Morgan fingerprint density at radius 2 is 2.00 bits per heavy atom. The van der Waals surface area contributed by atoms with Gasteiger partial charge in [0.1, 0.15) is 23.4 Å². The Labute approximate surface area is 188 Å². The topological polar surface area (TPSA) is 67.9 Å². The van der Waals surface area contributed by atoms with Crippen LogP contribution in [-0.2, 0) is 22.6 Å². The van der Waals surface area contributed by atoms with Crippen LogP contribution < -0.4 is 14.8 Å². The molecule has 0 bridgehead atoms. The molecule has 2 aromatic carbocycles. The number of nitrogens with zero attached hydrogens (tertiary/aromatic N) is 1. The molecule has 1 unspecified atom stereocenters. The van der Waals surface area contributed by atoms with E-state index in [1.54, 1.807) is 18.2 Å². The predicted octanol–water partition coefficient (Wildman–Crippen LogP) is 3.73. The van der Waals surface area contributed by atoms with Gasteiger partial charge in [0.2, 0.25) is 11.8 Å². The summed E-state index contributed by atoms with van der Waals surface area (Å²) >= 11 is 0. The lowest BCUT2D eigenvalue weighted by atomic mass is 10.1. The number of nitrogens with one attached hydrogen (secondary N) is 1. The minimum absolute atomic E-state index is 0.0655. The molecule has 170 valence electrons. The zero-order chi connectivity index (χ0) is 23.1. The fraction of sp³-hybridized carbons (Fsp3) is 0.360. The van der Waals surface area contributed by atoms with E-state index in [1.165, 1.54) is 23.1 Å². The van der Waals surface area contributed by atoms with Crippen LogP contribution in [0.25, 0.3) is 6.08 Å². The number of benzene rings is 2. The monoisotopic (exact) mass is 440 g/mol. The van der Waals surface area contributed by atoms with Crippen LogP contribution in [0.4, 0.5) is 4.39 Å². The van der Waals surface area contributed by atoms with Gasteiger partial charge in [-0.2, -0.15) is 0 Å². The molecular weight excluding hydrogens is 411 g/mol. The lowest BCUT2D eigenvalue weighted by Gasteiger charge is -2.18. The van der Waals surface area contributed by atoms with Gasteiger partial charge in [0.25, 0.3) is 0 Å². The lowest BCUT2D eigenvalue weighted by molar-refractivity contribution is -0.132. The van der Waals surface area contributed by atoms with Crippen molar-refractivity contribution < 1.29 is 23.5 Å². The predicted molar refractivity (Wildman–Crippen MR) is 121 cm³/mol. The van der Waals surface area contributed by atoms with Crippen LogP contribution in [0.1, 0.15) is 37.5 Å². The van der Waals surface area contributed by atoms with E-state index >= 15 is 0 Å². The van der Waals surface area contributed by atoms with Crippen LogP contribution in [0, 0.1) is 5.82 Å². The summed E-state index contributed by atoms with van der Waals surface area (Å²) in [5.41, 5.74) is 2.63. The normalized spacial score (nSPS) is 14.7. The summed E-state index contributed by atoms with van der Waals surface area (Å²) in [5.74, 6) is 0.620. The van der Waals surface area contributed by atoms with Crippen molar-refractivity contribution in [1.29, 1.82) is 0 Å². The van der Waals surface area contributed by atoms with Crippen molar-refractivity contribution in [1.82, 2.24) is 10.2 Å². The van der Waals surface area contributed by atoms with Gasteiger partial charge < -0.3 is 19.7 Å². The molecule has 1 heterocycles. The number of rotatable bonds is 9. The summed E-state index contributed by atoms with van der Waals surface area (Å²) < 4.78 is 24.5. The van der Waals surface area contributed by atoms with Gasteiger partial charge in [0.15, 0.2) is 0 Å². The van der Waals surface area contributed by atoms with Gasteiger partial charge in [-0.25, -0.2) is 4.39 Å². The van der Waals surface area contributed by atoms with Gasteiger partial charge in [0.05, 0.1) is 13.2 Å². The van der Waals surface area contributed by atoms with E-state index in [0.717, 1.165) is 28.9 Å². The van der Waals surface area contributed by atoms with Crippen LogP contribution in [0.3, 0.4) is 0 Å². The summed E-state index contributed by atoms with van der Waals surface area (Å²) in [7, 11) is 0. The first-order valence-corrected chi connectivity index (χ1v) is 10.8. The molecule has 3 rings (SSSR count). The second kappa shape index (κ2) is 10.8. The van der Waals surface area contributed by atoms with E-state index in [2.05, 4.69) is 5.32 Å². The average molecular weight is 441 g/mol. The first kappa shape index (κ1) is 23.3. The molecule has 1 aliphatic heterocycles. The van der Waals surface area contributed by atoms with Gasteiger partial charge in [-0.1, -0.05) is 12.1 Å². The van der Waals surface area contributed by atoms with Gasteiger partial charge in [0, 0.05) is 36.7 Å². The zero-order valence-electron chi connectivity index (χ0n) is 18.7. The first-order chi connectivity index (χ1) is 15.4. The highest BCUT2D eigenvalue weighted by atomic mass is 19.1. The summed E-state index contributed by atoms with van der Waals surface area (Å²) in [6.07, 6.45) is 4.08. The quantitative estimate of drug-likeness (QED) is 0.604. The third-order valence-corrected chi connectivity index (χ3v) is 5.16. The number of hydrogen-bond donors (Lipinski definition) is 1. The average Bonchev–Trinajstić information content (AvgIpc) is 3.14. The number of halogens is 1. The van der Waals surface area contributed by atoms with E-state index in [9.17, 15) is 14.0 Å². The molecule has 7 heteroatoms. The zero-order valence-corrected chi connectivity index (χ0v) is 18.7. The highest BCUT2D eigenvalue weighted by molar-refractivity contribution is 5.94. The number of ether oxygens (including phenoxy) is 2. The molecule has 32 heavy (non-hydrogen) atoms. The van der Waals surface area contributed by atoms with Crippen LogP contribution in [0.15, 0.2) is 42.5 Å². The third-order valence-electron chi connectivity index (χ3n) is 5.16. The summed E-state index contributed by atoms with van der Waals surface area (Å²) in [5, 5.41) is 2.75. The summed E-state index contributed by atoms with van der Waals surface area (Å²) in [6, 6.07) is 9.76. The Hall–Kier alpha value is -3.35. The second-order valence-corrected chi connectivity index (χ2v) is 7.65. The van der Waals surface area contributed by atoms with E-state index in [4.69, 9.17) is 9.47 Å². The van der Waals surface area contributed by atoms with Gasteiger partial charge in [-0.3, -0.25) is 9.59 Å². The minimum atomic E-state index is -0.327. The molecule has 0 saturated heterocycles. The molecule has 0 spiro atoms. The summed E-state index contributed by atoms with van der Waals surface area (Å²) in [6.45, 7) is 6.84. The number of carbonyl (C=O) groups excluding carboxylic acids is 2. The highest BCUT2D eigenvalue weighted by Gasteiger charge is 2.21. The Morgan fingerprint density at radius 3 is 2.69 bits per heavy atom. The number of amides is 2. The van der Waals surface area contributed by atoms with E-state index in [1.807, 2.05) is 32.9 Å². The molecule has 0 radical (unpaired) electrons. The molecule has 0 fully saturated rings. The lowest BCUT2D eigenvalue weighted by Crippen LogP contribution is -2.39. The van der Waals surface area contributed by atoms with Crippen molar-refractivity contribution in [2.75, 3.05) is 19.7 Å². The van der Waals surface area contributed by atoms with Crippen molar-refractivity contribution in [2.24, 2.45) is 0 Å². The number of carbonyl (C=O) groups is 2. The molecule has 0 aliphatic carbocycles. The van der Waals surface area contributed by atoms with E-state index < -0.39 is 0 Å². The van der Waals surface area contributed by atoms with Gasteiger partial charge in [-0.05, 0) is 56.7 Å². The number of likely N-dealkylation sites (N-methyl/N-ethyl adjacent to an activating group) is 1. The Morgan fingerprint density at radius 1 is 1.25 bits per heavy atom. The first-order valence-electron chi connectivity index (χ1n) is 10.8. The molecule has 2 amide bonds. The molecular formula is C25H29FN2O4. The standard InChI is InChI=1S/C25H29FN2O4/c1-4-28(16-24(29)27-15-18-6-9-21(26)10-7-18)25(30)11-8-19-13-23-20(12-17(3)32-23)14-22(19)31-5-2/h6-11,13-14,17H,4-5,12,15-16H2,1-3H3,(H,27,29)/b11-8+. The molecule has 1 aliphatic rings. The second-order valence-electron chi connectivity index (χ2n) is 7.65. The molecule has 1 atom stereocenters. The molecule has 6 nitrogen and oxygen atoms in total. The van der Waals surface area contributed by atoms with Gasteiger partial charge >= 0.3 is 0 Å². The Kier molecular flexibility index (Phi) is 7.87. The van der Waals surface area contributed by atoms with Gasteiger partial charge in [-0.15, -0.1) is 0 Å². The fourth-order valence-corrected chi connectivity index (χ4v) is 3.51. The SMILES string of the molecule is CCOc1cc2c(cc1/C=C/C(=O)N(CC)CC(=O)NCc1ccc(F)cc1)OC(C)C2.